The average molecular weight is 244 g/mol. The lowest BCUT2D eigenvalue weighted by atomic mass is 9.80. The Morgan fingerprint density at radius 3 is 2.94 bits per heavy atom. The second-order valence-corrected chi connectivity index (χ2v) is 4.90. The zero-order chi connectivity index (χ0) is 12.0. The molecule has 3 unspecified atom stereocenters. The second kappa shape index (κ2) is 3.82. The highest BCUT2D eigenvalue weighted by atomic mass is 31.2. The van der Waals surface area contributed by atoms with Gasteiger partial charge in [-0.2, -0.15) is 0 Å². The van der Waals surface area contributed by atoms with Crippen molar-refractivity contribution in [3.63, 3.8) is 0 Å². The SMILES string of the molecule is [B][C@@H]1O[C@H](CO)C2OP(=O)(O)OC21C=C=C. The number of aliphatic hydroxyl groups excluding tert-OH is 1. The van der Waals surface area contributed by atoms with Crippen LogP contribution in [0.2, 0.25) is 0 Å². The van der Waals surface area contributed by atoms with E-state index in [-0.39, 0.29) is 0 Å². The van der Waals surface area contributed by atoms with E-state index in [4.69, 9.17) is 26.7 Å². The van der Waals surface area contributed by atoms with E-state index in [9.17, 15) is 9.46 Å². The fourth-order valence-corrected chi connectivity index (χ4v) is 3.22. The van der Waals surface area contributed by atoms with Crippen LogP contribution >= 0.6 is 7.82 Å². The summed E-state index contributed by atoms with van der Waals surface area (Å²) in [5.41, 5.74) is 1.01. The Bertz CT molecular complexity index is 394. The first-order chi connectivity index (χ1) is 7.45. The molecule has 0 bridgehead atoms. The van der Waals surface area contributed by atoms with Gasteiger partial charge in [0.05, 0.1) is 12.6 Å². The van der Waals surface area contributed by atoms with Gasteiger partial charge in [0.2, 0.25) is 0 Å². The molecule has 2 radical (unpaired) electrons. The number of aliphatic hydroxyl groups is 1. The number of phosphoric ester groups is 1. The van der Waals surface area contributed by atoms with E-state index in [0.29, 0.717) is 0 Å². The summed E-state index contributed by atoms with van der Waals surface area (Å²) in [7, 11) is 1.48. The Labute approximate surface area is 93.5 Å². The van der Waals surface area contributed by atoms with Gasteiger partial charge in [-0.25, -0.2) is 4.57 Å². The number of hydrogen-bond acceptors (Lipinski definition) is 5. The van der Waals surface area contributed by atoms with Gasteiger partial charge in [-0.15, -0.1) is 5.73 Å². The molecule has 16 heavy (non-hydrogen) atoms. The standard InChI is InChI=1S/C8H10BO6P/c1-2-3-8-6(14-16(11,12)15-8)5(4-10)13-7(8)9/h3,5-7,10H,1,4H2,(H,11,12)/t5-,6?,7-,8?/m1/s1. The van der Waals surface area contributed by atoms with Gasteiger partial charge in [0.15, 0.2) is 5.60 Å². The molecule has 5 atom stereocenters. The summed E-state index contributed by atoms with van der Waals surface area (Å²) in [5, 5.41) is 9.05. The van der Waals surface area contributed by atoms with Gasteiger partial charge in [0, 0.05) is 0 Å². The molecule has 0 aromatic rings. The van der Waals surface area contributed by atoms with Crippen LogP contribution in [0.25, 0.3) is 0 Å². The third-order valence-electron chi connectivity index (χ3n) is 2.58. The molecule has 0 spiro atoms. The zero-order valence-electron chi connectivity index (χ0n) is 8.28. The Hall–Kier alpha value is -0.385. The van der Waals surface area contributed by atoms with Gasteiger partial charge < -0.3 is 14.7 Å². The molecule has 0 saturated carbocycles. The van der Waals surface area contributed by atoms with E-state index in [1.54, 1.807) is 0 Å². The Morgan fingerprint density at radius 1 is 1.69 bits per heavy atom. The molecule has 86 valence electrons. The van der Waals surface area contributed by atoms with Gasteiger partial charge in [0.25, 0.3) is 0 Å². The number of rotatable bonds is 2. The van der Waals surface area contributed by atoms with Crippen molar-refractivity contribution in [1.82, 2.24) is 0 Å². The van der Waals surface area contributed by atoms with Gasteiger partial charge in [-0.3, -0.25) is 9.05 Å². The average Bonchev–Trinajstić information content (AvgIpc) is 2.58. The summed E-state index contributed by atoms with van der Waals surface area (Å²) in [6, 6.07) is -1.02. The molecule has 0 aromatic heterocycles. The number of fused-ring (bicyclic) bond motifs is 1. The molecule has 2 saturated heterocycles. The largest absolute Gasteiger partial charge is 0.473 e. The fraction of sp³-hybridized carbons (Fsp3) is 0.625. The monoisotopic (exact) mass is 244 g/mol. The summed E-state index contributed by atoms with van der Waals surface area (Å²) >= 11 is 0. The molecule has 2 fully saturated rings. The van der Waals surface area contributed by atoms with Crippen LogP contribution in [-0.4, -0.2) is 48.3 Å². The van der Waals surface area contributed by atoms with Crippen molar-refractivity contribution < 1.29 is 28.3 Å². The van der Waals surface area contributed by atoms with Gasteiger partial charge in [-0.1, -0.05) is 6.58 Å². The topological polar surface area (TPSA) is 85.2 Å². The molecule has 8 heteroatoms. The van der Waals surface area contributed by atoms with Crippen LogP contribution in [0.3, 0.4) is 0 Å². The highest BCUT2D eigenvalue weighted by molar-refractivity contribution is 7.47. The van der Waals surface area contributed by atoms with Crippen LogP contribution in [0.5, 0.6) is 0 Å². The summed E-state index contributed by atoms with van der Waals surface area (Å²) in [4.78, 5) is 9.27. The summed E-state index contributed by atoms with van der Waals surface area (Å²) < 4.78 is 26.3. The highest BCUT2D eigenvalue weighted by Gasteiger charge is 2.64. The van der Waals surface area contributed by atoms with E-state index in [1.807, 2.05) is 0 Å². The minimum atomic E-state index is -4.17. The Kier molecular flexibility index (Phi) is 2.89. The van der Waals surface area contributed by atoms with E-state index in [2.05, 4.69) is 12.3 Å². The Morgan fingerprint density at radius 2 is 2.38 bits per heavy atom. The van der Waals surface area contributed by atoms with Crippen molar-refractivity contribution in [1.29, 1.82) is 0 Å². The molecule has 0 aromatic carbocycles. The van der Waals surface area contributed by atoms with Crippen LogP contribution in [0.4, 0.5) is 0 Å². The smallest absolute Gasteiger partial charge is 0.394 e. The maximum atomic E-state index is 11.4. The number of ether oxygens (including phenoxy) is 1. The van der Waals surface area contributed by atoms with Crippen molar-refractivity contribution in [2.75, 3.05) is 6.61 Å². The minimum absolute atomic E-state index is 0.394. The minimum Gasteiger partial charge on any atom is -0.394 e. The molecule has 2 aliphatic heterocycles. The van der Waals surface area contributed by atoms with Crippen LogP contribution in [0.15, 0.2) is 18.4 Å². The molecule has 2 heterocycles. The summed E-state index contributed by atoms with van der Waals surface area (Å²) in [6.45, 7) is 2.96. The van der Waals surface area contributed by atoms with Gasteiger partial charge >= 0.3 is 7.82 Å². The van der Waals surface area contributed by atoms with Gasteiger partial charge in [-0.05, 0) is 6.08 Å². The maximum absolute atomic E-state index is 11.4. The van der Waals surface area contributed by atoms with Crippen molar-refractivity contribution >= 4 is 15.7 Å². The normalized spacial score (nSPS) is 51.0. The van der Waals surface area contributed by atoms with Crippen molar-refractivity contribution in [3.05, 3.63) is 18.4 Å². The lowest BCUT2D eigenvalue weighted by Gasteiger charge is -2.23. The Balaban J connectivity index is 2.43. The summed E-state index contributed by atoms with van der Waals surface area (Å²) in [6.07, 6.45) is -0.478. The van der Waals surface area contributed by atoms with E-state index in [1.165, 1.54) is 6.08 Å². The molecule has 0 amide bonds. The first kappa shape index (κ1) is 12.1. The first-order valence-electron chi connectivity index (χ1n) is 4.56. The highest BCUT2D eigenvalue weighted by Crippen LogP contribution is 2.61. The van der Waals surface area contributed by atoms with Crippen molar-refractivity contribution in [3.8, 4) is 0 Å². The van der Waals surface area contributed by atoms with Crippen molar-refractivity contribution in [2.45, 2.75) is 23.8 Å². The van der Waals surface area contributed by atoms with Gasteiger partial charge in [0.1, 0.15) is 20.1 Å². The van der Waals surface area contributed by atoms with Crippen LogP contribution in [0.1, 0.15) is 0 Å². The van der Waals surface area contributed by atoms with E-state index in [0.717, 1.165) is 0 Å². The molecule has 2 aliphatic rings. The molecule has 0 aliphatic carbocycles. The summed E-state index contributed by atoms with van der Waals surface area (Å²) in [5.74, 6) is 0. The predicted molar refractivity (Wildman–Crippen MR) is 53.7 cm³/mol. The maximum Gasteiger partial charge on any atom is 0.473 e. The van der Waals surface area contributed by atoms with Crippen LogP contribution < -0.4 is 0 Å². The van der Waals surface area contributed by atoms with Crippen molar-refractivity contribution in [2.24, 2.45) is 0 Å². The predicted octanol–water partition coefficient (Wildman–Crippen LogP) is -0.532. The van der Waals surface area contributed by atoms with E-state index >= 15 is 0 Å². The molecule has 2 N–H and O–H groups in total. The lowest BCUT2D eigenvalue weighted by molar-refractivity contribution is -0.00511. The third-order valence-corrected chi connectivity index (χ3v) is 3.62. The lowest BCUT2D eigenvalue weighted by Crippen LogP contribution is -2.44. The molecule has 2 rings (SSSR count). The molecule has 6 nitrogen and oxygen atoms in total. The van der Waals surface area contributed by atoms with Crippen LogP contribution in [-0.2, 0) is 18.3 Å². The number of hydrogen-bond donors (Lipinski definition) is 2. The number of phosphoric acid groups is 1. The second-order valence-electron chi connectivity index (χ2n) is 3.57. The van der Waals surface area contributed by atoms with Crippen LogP contribution in [0, 0.1) is 0 Å². The quantitative estimate of drug-likeness (QED) is 0.385. The van der Waals surface area contributed by atoms with E-state index < -0.39 is 38.2 Å². The third kappa shape index (κ3) is 1.62. The molecular formula is C8H10BO6P. The first-order valence-corrected chi connectivity index (χ1v) is 6.05. The molecular weight excluding hydrogens is 234 g/mol. The zero-order valence-corrected chi connectivity index (χ0v) is 9.17. The fourth-order valence-electron chi connectivity index (χ4n) is 1.93.